The Morgan fingerprint density at radius 1 is 1.12 bits per heavy atom. The largest absolute Gasteiger partial charge is 0.480 e. The van der Waals surface area contributed by atoms with Gasteiger partial charge in [0.05, 0.1) is 6.10 Å². The topological polar surface area (TPSA) is 142 Å². The lowest BCUT2D eigenvalue weighted by atomic mass is 10.1. The predicted molar refractivity (Wildman–Crippen MR) is 95.2 cm³/mol. The molecule has 0 aliphatic heterocycles. The van der Waals surface area contributed by atoms with Gasteiger partial charge in [0.1, 0.15) is 18.1 Å². The van der Waals surface area contributed by atoms with Crippen molar-refractivity contribution in [2.24, 2.45) is 5.73 Å². The number of rotatable bonds is 9. The fourth-order valence-corrected chi connectivity index (χ4v) is 2.26. The minimum absolute atomic E-state index is 0.0538. The van der Waals surface area contributed by atoms with Gasteiger partial charge in [-0.3, -0.25) is 9.59 Å². The number of nitrogens with two attached hydrogens (primary N) is 1. The Bertz CT molecular complexity index is 597. The van der Waals surface area contributed by atoms with Crippen molar-refractivity contribution in [3.63, 3.8) is 0 Å². The Hall–Kier alpha value is -2.10. The fraction of sp³-hybridized carbons (Fsp3) is 0.438. The summed E-state index contributed by atoms with van der Waals surface area (Å²) in [6.07, 6.45) is -0.990. The first kappa shape index (κ1) is 20.9. The molecule has 0 saturated carbocycles. The number of nitrogens with one attached hydrogen (secondary N) is 2. The number of carboxylic acid groups (broad SMARTS) is 1. The van der Waals surface area contributed by atoms with E-state index in [9.17, 15) is 24.6 Å². The Kier molecular flexibility index (Phi) is 8.39. The lowest BCUT2D eigenvalue weighted by molar-refractivity contribution is -0.142. The third-order valence-corrected chi connectivity index (χ3v) is 3.90. The number of aliphatic hydroxyl groups is 1. The minimum atomic E-state index is -1.20. The van der Waals surface area contributed by atoms with Crippen molar-refractivity contribution < 1.29 is 24.6 Å². The molecular formula is C16H23N3O5S. The van der Waals surface area contributed by atoms with Gasteiger partial charge in [0.2, 0.25) is 11.8 Å². The fourth-order valence-electron chi connectivity index (χ4n) is 2.00. The number of benzene rings is 1. The third kappa shape index (κ3) is 6.73. The van der Waals surface area contributed by atoms with Crippen molar-refractivity contribution in [3.8, 4) is 0 Å². The molecule has 25 heavy (non-hydrogen) atoms. The van der Waals surface area contributed by atoms with Gasteiger partial charge in [0.25, 0.3) is 0 Å². The van der Waals surface area contributed by atoms with Crippen molar-refractivity contribution in [2.45, 2.75) is 37.6 Å². The lowest BCUT2D eigenvalue weighted by Gasteiger charge is -2.22. The van der Waals surface area contributed by atoms with E-state index < -0.39 is 42.0 Å². The van der Waals surface area contributed by atoms with Crippen molar-refractivity contribution in [3.05, 3.63) is 35.9 Å². The lowest BCUT2D eigenvalue weighted by Crippen LogP contribution is -2.57. The molecule has 0 spiro atoms. The third-order valence-electron chi connectivity index (χ3n) is 3.54. The number of amides is 2. The summed E-state index contributed by atoms with van der Waals surface area (Å²) in [6, 6.07) is 5.42. The van der Waals surface area contributed by atoms with Crippen LogP contribution in [0.1, 0.15) is 12.5 Å². The molecular weight excluding hydrogens is 346 g/mol. The number of carbonyl (C=O) groups excluding carboxylic acids is 2. The second kappa shape index (κ2) is 10.0. The van der Waals surface area contributed by atoms with E-state index in [0.717, 1.165) is 5.56 Å². The van der Waals surface area contributed by atoms with Gasteiger partial charge in [-0.2, -0.15) is 12.6 Å². The highest BCUT2D eigenvalue weighted by Gasteiger charge is 2.28. The molecule has 0 fully saturated rings. The summed E-state index contributed by atoms with van der Waals surface area (Å²) in [5.74, 6) is -2.66. The van der Waals surface area contributed by atoms with E-state index in [-0.39, 0.29) is 12.2 Å². The van der Waals surface area contributed by atoms with E-state index in [1.807, 2.05) is 0 Å². The van der Waals surface area contributed by atoms with Gasteiger partial charge >= 0.3 is 5.97 Å². The van der Waals surface area contributed by atoms with Crippen LogP contribution in [0.3, 0.4) is 0 Å². The van der Waals surface area contributed by atoms with Gasteiger partial charge in [-0.15, -0.1) is 0 Å². The van der Waals surface area contributed by atoms with Crippen LogP contribution in [0.4, 0.5) is 0 Å². The van der Waals surface area contributed by atoms with Crippen LogP contribution in [0.15, 0.2) is 30.3 Å². The second-order valence-corrected chi connectivity index (χ2v) is 5.96. The zero-order valence-electron chi connectivity index (χ0n) is 13.8. The molecule has 0 aliphatic rings. The first-order valence-corrected chi connectivity index (χ1v) is 8.31. The number of aliphatic hydroxyl groups excluding tert-OH is 1. The molecule has 1 aromatic carbocycles. The van der Waals surface area contributed by atoms with E-state index in [1.54, 1.807) is 30.3 Å². The number of aliphatic carboxylic acids is 1. The van der Waals surface area contributed by atoms with Crippen LogP contribution in [-0.4, -0.2) is 58.0 Å². The Morgan fingerprint density at radius 2 is 1.68 bits per heavy atom. The Balaban J connectivity index is 2.73. The van der Waals surface area contributed by atoms with Crippen LogP contribution in [0.25, 0.3) is 0 Å². The molecule has 138 valence electrons. The summed E-state index contributed by atoms with van der Waals surface area (Å²) in [4.78, 5) is 35.5. The highest BCUT2D eigenvalue weighted by atomic mass is 32.1. The van der Waals surface area contributed by atoms with E-state index in [2.05, 4.69) is 23.3 Å². The molecule has 0 bridgehead atoms. The molecule has 2 amide bonds. The van der Waals surface area contributed by atoms with E-state index in [0.29, 0.717) is 0 Å². The van der Waals surface area contributed by atoms with E-state index in [4.69, 9.17) is 5.73 Å². The number of hydrogen-bond donors (Lipinski definition) is 6. The normalized spacial score (nSPS) is 15.5. The monoisotopic (exact) mass is 369 g/mol. The summed E-state index contributed by atoms with van der Waals surface area (Å²) in [5, 5.41) is 23.4. The van der Waals surface area contributed by atoms with Gasteiger partial charge in [0, 0.05) is 12.2 Å². The molecule has 1 rings (SSSR count). The first-order valence-electron chi connectivity index (χ1n) is 7.68. The molecule has 4 atom stereocenters. The van der Waals surface area contributed by atoms with Crippen LogP contribution >= 0.6 is 12.6 Å². The average Bonchev–Trinajstić information content (AvgIpc) is 2.58. The molecule has 9 heteroatoms. The number of thiol groups is 1. The maximum atomic E-state index is 12.3. The van der Waals surface area contributed by atoms with Crippen molar-refractivity contribution in [1.29, 1.82) is 0 Å². The number of hydrogen-bond acceptors (Lipinski definition) is 6. The quantitative estimate of drug-likeness (QED) is 0.306. The van der Waals surface area contributed by atoms with E-state index >= 15 is 0 Å². The van der Waals surface area contributed by atoms with Gasteiger partial charge in [0.15, 0.2) is 0 Å². The van der Waals surface area contributed by atoms with Gasteiger partial charge in [-0.05, 0) is 12.5 Å². The summed E-state index contributed by atoms with van der Waals surface area (Å²) < 4.78 is 0. The second-order valence-electron chi connectivity index (χ2n) is 5.60. The highest BCUT2D eigenvalue weighted by Crippen LogP contribution is 2.04. The van der Waals surface area contributed by atoms with Crippen LogP contribution in [0.5, 0.6) is 0 Å². The number of carbonyl (C=O) groups is 3. The van der Waals surface area contributed by atoms with Crippen molar-refractivity contribution >= 4 is 30.4 Å². The van der Waals surface area contributed by atoms with Crippen LogP contribution < -0.4 is 16.4 Å². The number of carboxylic acids is 1. The molecule has 1 aromatic rings. The Labute approximate surface area is 151 Å². The first-order chi connectivity index (χ1) is 11.8. The smallest absolute Gasteiger partial charge is 0.326 e. The van der Waals surface area contributed by atoms with Crippen LogP contribution in [-0.2, 0) is 20.8 Å². The molecule has 0 aromatic heterocycles. The standard InChI is InChI=1S/C16H23N3O5S/c1-9(20)13(17)15(22)19-12(8-25)14(21)18-11(16(23)24)7-10-5-3-2-4-6-10/h2-6,9,11-13,20,25H,7-8,17H2,1H3,(H,18,21)(H,19,22)(H,23,24). The zero-order valence-corrected chi connectivity index (χ0v) is 14.6. The summed E-state index contributed by atoms with van der Waals surface area (Å²) >= 11 is 4.00. The summed E-state index contributed by atoms with van der Waals surface area (Å²) in [5.41, 5.74) is 6.25. The highest BCUT2D eigenvalue weighted by molar-refractivity contribution is 7.80. The SMILES string of the molecule is CC(O)C(N)C(=O)NC(CS)C(=O)NC(Cc1ccccc1)C(=O)O. The van der Waals surface area contributed by atoms with Crippen molar-refractivity contribution in [2.75, 3.05) is 5.75 Å². The molecule has 0 heterocycles. The molecule has 0 radical (unpaired) electrons. The van der Waals surface area contributed by atoms with Gasteiger partial charge in [-0.1, -0.05) is 30.3 Å². The maximum Gasteiger partial charge on any atom is 0.326 e. The molecule has 0 saturated heterocycles. The average molecular weight is 369 g/mol. The van der Waals surface area contributed by atoms with Crippen molar-refractivity contribution in [1.82, 2.24) is 10.6 Å². The molecule has 0 aliphatic carbocycles. The van der Waals surface area contributed by atoms with Crippen LogP contribution in [0, 0.1) is 0 Å². The predicted octanol–water partition coefficient (Wildman–Crippen LogP) is -1.08. The zero-order chi connectivity index (χ0) is 19.0. The van der Waals surface area contributed by atoms with E-state index in [1.165, 1.54) is 6.92 Å². The molecule has 8 nitrogen and oxygen atoms in total. The minimum Gasteiger partial charge on any atom is -0.480 e. The molecule has 4 unspecified atom stereocenters. The maximum absolute atomic E-state index is 12.3. The molecule has 6 N–H and O–H groups in total. The Morgan fingerprint density at radius 3 is 2.16 bits per heavy atom. The summed E-state index contributed by atoms with van der Waals surface area (Å²) in [6.45, 7) is 1.35. The van der Waals surface area contributed by atoms with Crippen LogP contribution in [0.2, 0.25) is 0 Å². The van der Waals surface area contributed by atoms with Gasteiger partial charge < -0.3 is 26.6 Å². The van der Waals surface area contributed by atoms with Gasteiger partial charge in [-0.25, -0.2) is 4.79 Å². The summed E-state index contributed by atoms with van der Waals surface area (Å²) in [7, 11) is 0.